The van der Waals surface area contributed by atoms with Crippen molar-refractivity contribution in [2.24, 2.45) is 0 Å². The maximum Gasteiger partial charge on any atom is 0.524 e. The van der Waals surface area contributed by atoms with Gasteiger partial charge in [-0.2, -0.15) is 0 Å². The van der Waals surface area contributed by atoms with Gasteiger partial charge in [0.2, 0.25) is 0 Å². The van der Waals surface area contributed by atoms with Crippen molar-refractivity contribution in [3.05, 3.63) is 101 Å². The number of aliphatic hydroxyl groups excluding tert-OH is 1. The Morgan fingerprint density at radius 3 is 1.74 bits per heavy atom. The first kappa shape index (κ1) is 19.3. The third kappa shape index (κ3) is 5.28. The summed E-state index contributed by atoms with van der Waals surface area (Å²) in [4.78, 5) is 18.6. The number of aliphatic hydroxyl groups is 1. The first-order chi connectivity index (χ1) is 13.0. The van der Waals surface area contributed by atoms with Crippen LogP contribution in [0.2, 0.25) is 0 Å². The van der Waals surface area contributed by atoms with Gasteiger partial charge < -0.3 is 9.63 Å². The van der Waals surface area contributed by atoms with Crippen LogP contribution in [-0.4, -0.2) is 14.9 Å². The van der Waals surface area contributed by atoms with E-state index in [-0.39, 0.29) is 12.4 Å². The van der Waals surface area contributed by atoms with Crippen LogP contribution < -0.4 is 4.52 Å². The average molecular weight is 384 g/mol. The molecule has 3 aromatic carbocycles. The van der Waals surface area contributed by atoms with Crippen LogP contribution in [0.4, 0.5) is 0 Å². The van der Waals surface area contributed by atoms with E-state index in [0.29, 0.717) is 24.0 Å². The van der Waals surface area contributed by atoms with Crippen LogP contribution in [0.3, 0.4) is 0 Å². The van der Waals surface area contributed by atoms with Crippen molar-refractivity contribution in [1.29, 1.82) is 0 Å². The SMILES string of the molecule is O=P(O)(O)Oc1ccc(CO)c(Cc2ccccc2)c1Cc1ccccc1. The highest BCUT2D eigenvalue weighted by Crippen LogP contribution is 2.41. The molecule has 0 unspecified atom stereocenters. The van der Waals surface area contributed by atoms with Gasteiger partial charge in [-0.1, -0.05) is 66.7 Å². The molecule has 3 rings (SSSR count). The molecule has 0 aromatic heterocycles. The standard InChI is InChI=1S/C21H21O5P/c22-15-18-11-12-21(26-27(23,24)25)20(14-17-9-5-2-6-10-17)19(18)13-16-7-3-1-4-8-16/h1-12,22H,13-15H2,(H2,23,24,25). The zero-order valence-corrected chi connectivity index (χ0v) is 15.5. The van der Waals surface area contributed by atoms with Crippen LogP contribution in [0, 0.1) is 0 Å². The van der Waals surface area contributed by atoms with Gasteiger partial charge in [0.15, 0.2) is 0 Å². The van der Waals surface area contributed by atoms with E-state index in [1.807, 2.05) is 60.7 Å². The Balaban J connectivity index is 2.11. The summed E-state index contributed by atoms with van der Waals surface area (Å²) in [6, 6.07) is 22.5. The van der Waals surface area contributed by atoms with Gasteiger partial charge in [0.25, 0.3) is 0 Å². The number of rotatable bonds is 7. The molecule has 140 valence electrons. The monoisotopic (exact) mass is 384 g/mol. The molecule has 0 amide bonds. The zero-order valence-electron chi connectivity index (χ0n) is 14.7. The Hall–Kier alpha value is -2.43. The smallest absolute Gasteiger partial charge is 0.404 e. The maximum absolute atomic E-state index is 11.5. The third-order valence-corrected chi connectivity index (χ3v) is 4.75. The van der Waals surface area contributed by atoms with Crippen molar-refractivity contribution < 1.29 is 24.0 Å². The van der Waals surface area contributed by atoms with Gasteiger partial charge in [-0.25, -0.2) is 4.57 Å². The Labute approximate surface area is 158 Å². The Bertz CT molecular complexity index is 936. The molecule has 0 atom stereocenters. The third-order valence-electron chi connectivity index (χ3n) is 4.32. The molecule has 0 heterocycles. The molecule has 0 bridgehead atoms. The van der Waals surface area contributed by atoms with E-state index < -0.39 is 7.82 Å². The van der Waals surface area contributed by atoms with Crippen LogP contribution in [0.5, 0.6) is 5.75 Å². The molecule has 0 aliphatic carbocycles. The normalized spacial score (nSPS) is 11.4. The minimum Gasteiger partial charge on any atom is -0.404 e. The van der Waals surface area contributed by atoms with Gasteiger partial charge in [0, 0.05) is 12.0 Å². The highest BCUT2D eigenvalue weighted by atomic mass is 31.2. The van der Waals surface area contributed by atoms with Gasteiger partial charge >= 0.3 is 7.82 Å². The number of hydrogen-bond donors (Lipinski definition) is 3. The lowest BCUT2D eigenvalue weighted by atomic mass is 9.91. The van der Waals surface area contributed by atoms with Crippen molar-refractivity contribution in [3.8, 4) is 5.75 Å². The van der Waals surface area contributed by atoms with E-state index >= 15 is 0 Å². The topological polar surface area (TPSA) is 87.0 Å². The van der Waals surface area contributed by atoms with Crippen LogP contribution >= 0.6 is 7.82 Å². The molecule has 0 aliphatic rings. The molecule has 5 nitrogen and oxygen atoms in total. The van der Waals surface area contributed by atoms with Crippen LogP contribution in [-0.2, 0) is 24.0 Å². The Morgan fingerprint density at radius 2 is 1.26 bits per heavy atom. The van der Waals surface area contributed by atoms with Crippen LogP contribution in [0.15, 0.2) is 72.8 Å². The van der Waals surface area contributed by atoms with Crippen LogP contribution in [0.1, 0.15) is 27.8 Å². The summed E-state index contributed by atoms with van der Waals surface area (Å²) in [7, 11) is -4.71. The molecule has 27 heavy (non-hydrogen) atoms. The largest absolute Gasteiger partial charge is 0.524 e. The highest BCUT2D eigenvalue weighted by Gasteiger charge is 2.22. The predicted molar refractivity (Wildman–Crippen MR) is 104 cm³/mol. The summed E-state index contributed by atoms with van der Waals surface area (Å²) in [5, 5.41) is 9.82. The molecule has 0 saturated heterocycles. The van der Waals surface area contributed by atoms with Gasteiger partial charge in [0.05, 0.1) is 6.61 Å². The second-order valence-corrected chi connectivity index (χ2v) is 7.41. The molecule has 6 heteroatoms. The fraction of sp³-hybridized carbons (Fsp3) is 0.143. The number of hydrogen-bond acceptors (Lipinski definition) is 3. The molecule has 0 aliphatic heterocycles. The molecular formula is C21H21O5P. The second kappa shape index (κ2) is 8.51. The number of phosphoric acid groups is 1. The quantitative estimate of drug-likeness (QED) is 0.539. The Kier molecular flexibility index (Phi) is 6.09. The lowest BCUT2D eigenvalue weighted by Crippen LogP contribution is -2.06. The molecule has 0 spiro atoms. The van der Waals surface area contributed by atoms with Crippen molar-refractivity contribution in [2.75, 3.05) is 0 Å². The summed E-state index contributed by atoms with van der Waals surface area (Å²) < 4.78 is 16.4. The summed E-state index contributed by atoms with van der Waals surface area (Å²) >= 11 is 0. The Morgan fingerprint density at radius 1 is 0.741 bits per heavy atom. The molecular weight excluding hydrogens is 363 g/mol. The van der Waals surface area contributed by atoms with E-state index in [0.717, 1.165) is 16.7 Å². The maximum atomic E-state index is 11.5. The molecule has 3 N–H and O–H groups in total. The molecule has 0 saturated carbocycles. The first-order valence-corrected chi connectivity index (χ1v) is 10.1. The zero-order chi connectivity index (χ0) is 19.3. The van der Waals surface area contributed by atoms with E-state index in [9.17, 15) is 19.5 Å². The second-order valence-electron chi connectivity index (χ2n) is 6.24. The minimum atomic E-state index is -4.71. The predicted octanol–water partition coefficient (Wildman–Crippen LogP) is 3.83. The van der Waals surface area contributed by atoms with E-state index in [4.69, 9.17) is 4.52 Å². The van der Waals surface area contributed by atoms with E-state index in [2.05, 4.69) is 0 Å². The van der Waals surface area contributed by atoms with Crippen molar-refractivity contribution in [3.63, 3.8) is 0 Å². The first-order valence-electron chi connectivity index (χ1n) is 8.54. The summed E-state index contributed by atoms with van der Waals surface area (Å²) in [6.07, 6.45) is 0.962. The van der Waals surface area contributed by atoms with Crippen molar-refractivity contribution in [2.45, 2.75) is 19.4 Å². The molecule has 3 aromatic rings. The van der Waals surface area contributed by atoms with Gasteiger partial charge in [0.1, 0.15) is 5.75 Å². The van der Waals surface area contributed by atoms with Gasteiger partial charge in [-0.05, 0) is 34.7 Å². The van der Waals surface area contributed by atoms with Gasteiger partial charge in [-0.15, -0.1) is 0 Å². The molecule has 0 fully saturated rings. The highest BCUT2D eigenvalue weighted by molar-refractivity contribution is 7.46. The number of phosphoric ester groups is 1. The van der Waals surface area contributed by atoms with Crippen molar-refractivity contribution in [1.82, 2.24) is 0 Å². The average Bonchev–Trinajstić information content (AvgIpc) is 2.65. The fourth-order valence-corrected chi connectivity index (χ4v) is 3.52. The lowest BCUT2D eigenvalue weighted by molar-refractivity contribution is 0.278. The summed E-state index contributed by atoms with van der Waals surface area (Å²) in [5.74, 6) is 0.135. The summed E-state index contributed by atoms with van der Waals surface area (Å²) in [6.45, 7) is -0.167. The van der Waals surface area contributed by atoms with Gasteiger partial charge in [-0.3, -0.25) is 9.79 Å². The van der Waals surface area contributed by atoms with E-state index in [1.165, 1.54) is 6.07 Å². The number of benzene rings is 3. The minimum absolute atomic E-state index is 0.135. The fourth-order valence-electron chi connectivity index (χ4n) is 3.10. The van der Waals surface area contributed by atoms with E-state index in [1.54, 1.807) is 6.07 Å². The summed E-state index contributed by atoms with van der Waals surface area (Å²) in [5.41, 5.74) is 4.22. The molecule has 0 radical (unpaired) electrons. The van der Waals surface area contributed by atoms with Crippen molar-refractivity contribution >= 4 is 7.82 Å². The lowest BCUT2D eigenvalue weighted by Gasteiger charge is -2.19. The van der Waals surface area contributed by atoms with Crippen LogP contribution in [0.25, 0.3) is 0 Å².